The first-order valence-corrected chi connectivity index (χ1v) is 6.60. The first kappa shape index (κ1) is 10.7. The Morgan fingerprint density at radius 1 is 1.32 bits per heavy atom. The molecular weight excluding hydrogens is 236 g/mol. The molecule has 19 heavy (non-hydrogen) atoms. The van der Waals surface area contributed by atoms with Crippen LogP contribution in [0.3, 0.4) is 0 Å². The summed E-state index contributed by atoms with van der Waals surface area (Å²) in [6.45, 7) is 0. The minimum Gasteiger partial charge on any atom is -0.296 e. The van der Waals surface area contributed by atoms with Gasteiger partial charge in [-0.05, 0) is 36.0 Å². The van der Waals surface area contributed by atoms with Crippen molar-refractivity contribution in [1.29, 1.82) is 0 Å². The Balaban J connectivity index is 2.00. The van der Waals surface area contributed by atoms with Gasteiger partial charge >= 0.3 is 0 Å². The average Bonchev–Trinajstić information content (AvgIpc) is 3.22. The van der Waals surface area contributed by atoms with Gasteiger partial charge in [0.15, 0.2) is 0 Å². The van der Waals surface area contributed by atoms with Crippen LogP contribution in [-0.4, -0.2) is 9.55 Å². The molecule has 2 atom stereocenters. The van der Waals surface area contributed by atoms with E-state index in [-0.39, 0.29) is 5.56 Å². The molecule has 0 bridgehead atoms. The normalized spacial score (nSPS) is 24.2. The number of hydrogen-bond acceptors (Lipinski definition) is 2. The van der Waals surface area contributed by atoms with Gasteiger partial charge in [-0.3, -0.25) is 9.36 Å². The minimum atomic E-state index is 0.0354. The molecule has 0 spiro atoms. The Bertz CT molecular complexity index is 798. The van der Waals surface area contributed by atoms with E-state index in [1.165, 1.54) is 12.0 Å². The fourth-order valence-electron chi connectivity index (χ4n) is 2.93. The number of para-hydroxylation sites is 1. The Morgan fingerprint density at radius 2 is 2.16 bits per heavy atom. The number of allylic oxidation sites excluding steroid dienone is 4. The van der Waals surface area contributed by atoms with Gasteiger partial charge in [0.05, 0.1) is 10.9 Å². The largest absolute Gasteiger partial charge is 0.296 e. The van der Waals surface area contributed by atoms with Crippen LogP contribution in [-0.2, 0) is 7.05 Å². The van der Waals surface area contributed by atoms with Crippen molar-refractivity contribution in [3.63, 3.8) is 0 Å². The standard InChI is InChI=1S/C16H14N2O/c1-18-15(11-7-4-5-10-9-13(10)11)17-14-8-3-2-6-12(14)16(18)19/h2-8,10,13H,9H2,1H3. The van der Waals surface area contributed by atoms with Gasteiger partial charge in [-0.15, -0.1) is 0 Å². The Hall–Kier alpha value is -2.16. The molecule has 0 N–H and O–H groups in total. The van der Waals surface area contributed by atoms with Gasteiger partial charge in [-0.25, -0.2) is 4.98 Å². The van der Waals surface area contributed by atoms with E-state index in [1.54, 1.807) is 4.57 Å². The fourth-order valence-corrected chi connectivity index (χ4v) is 2.93. The number of nitrogens with zero attached hydrogens (tertiary/aromatic N) is 2. The van der Waals surface area contributed by atoms with E-state index in [0.29, 0.717) is 17.2 Å². The monoisotopic (exact) mass is 250 g/mol. The maximum Gasteiger partial charge on any atom is 0.261 e. The lowest BCUT2D eigenvalue weighted by Crippen LogP contribution is -2.22. The second-order valence-corrected chi connectivity index (χ2v) is 5.33. The highest BCUT2D eigenvalue weighted by atomic mass is 16.1. The lowest BCUT2D eigenvalue weighted by Gasteiger charge is -2.13. The third-order valence-corrected chi connectivity index (χ3v) is 4.11. The molecule has 3 nitrogen and oxygen atoms in total. The van der Waals surface area contributed by atoms with E-state index in [4.69, 9.17) is 4.98 Å². The van der Waals surface area contributed by atoms with Crippen LogP contribution in [0.15, 0.2) is 47.3 Å². The highest BCUT2D eigenvalue weighted by Gasteiger charge is 2.40. The molecular formula is C16H14N2O. The summed E-state index contributed by atoms with van der Waals surface area (Å²) in [4.78, 5) is 17.1. The highest BCUT2D eigenvalue weighted by Crippen LogP contribution is 2.50. The van der Waals surface area contributed by atoms with Gasteiger partial charge in [-0.2, -0.15) is 0 Å². The molecule has 0 aliphatic heterocycles. The summed E-state index contributed by atoms with van der Waals surface area (Å²) in [5.74, 6) is 2.04. The van der Waals surface area contributed by atoms with Gasteiger partial charge in [0.1, 0.15) is 5.82 Å². The van der Waals surface area contributed by atoms with Crippen molar-refractivity contribution >= 4 is 16.5 Å². The van der Waals surface area contributed by atoms with Crippen molar-refractivity contribution in [2.24, 2.45) is 18.9 Å². The highest BCUT2D eigenvalue weighted by molar-refractivity contribution is 5.80. The molecule has 2 aliphatic rings. The van der Waals surface area contributed by atoms with Gasteiger partial charge in [0, 0.05) is 7.05 Å². The molecule has 1 fully saturated rings. The minimum absolute atomic E-state index is 0.0354. The number of fused-ring (bicyclic) bond motifs is 2. The summed E-state index contributed by atoms with van der Waals surface area (Å²) in [5, 5.41) is 0.688. The van der Waals surface area contributed by atoms with Crippen LogP contribution in [0, 0.1) is 11.8 Å². The number of benzene rings is 1. The number of hydrogen-bond donors (Lipinski definition) is 0. The van der Waals surface area contributed by atoms with Crippen molar-refractivity contribution in [3.05, 3.63) is 58.7 Å². The predicted molar refractivity (Wildman–Crippen MR) is 75.7 cm³/mol. The molecule has 0 saturated heterocycles. The summed E-state index contributed by atoms with van der Waals surface area (Å²) < 4.78 is 1.68. The van der Waals surface area contributed by atoms with Crippen molar-refractivity contribution < 1.29 is 0 Å². The topological polar surface area (TPSA) is 34.9 Å². The zero-order valence-corrected chi connectivity index (χ0v) is 10.7. The Morgan fingerprint density at radius 3 is 3.05 bits per heavy atom. The van der Waals surface area contributed by atoms with E-state index in [1.807, 2.05) is 31.3 Å². The van der Waals surface area contributed by atoms with Crippen LogP contribution in [0.4, 0.5) is 0 Å². The molecule has 0 radical (unpaired) electrons. The van der Waals surface area contributed by atoms with Gasteiger partial charge in [-0.1, -0.05) is 30.4 Å². The van der Waals surface area contributed by atoms with E-state index in [2.05, 4.69) is 18.2 Å². The molecule has 3 heteroatoms. The Kier molecular flexibility index (Phi) is 2.07. The maximum absolute atomic E-state index is 12.4. The predicted octanol–water partition coefficient (Wildman–Crippen LogP) is 2.52. The molecule has 1 aromatic carbocycles. The van der Waals surface area contributed by atoms with Gasteiger partial charge in [0.2, 0.25) is 0 Å². The van der Waals surface area contributed by atoms with Crippen LogP contribution in [0.2, 0.25) is 0 Å². The first-order chi connectivity index (χ1) is 9.25. The SMILES string of the molecule is Cn1c(C2=CC=CC3CC23)nc2ccccc2c1=O. The maximum atomic E-state index is 12.4. The molecule has 1 saturated carbocycles. The number of aromatic nitrogens is 2. The second kappa shape index (κ2) is 3.67. The molecule has 94 valence electrons. The third-order valence-electron chi connectivity index (χ3n) is 4.11. The van der Waals surface area contributed by atoms with Crippen molar-refractivity contribution in [3.8, 4) is 0 Å². The summed E-state index contributed by atoms with van der Waals surface area (Å²) in [6.07, 6.45) is 7.62. The van der Waals surface area contributed by atoms with Crippen LogP contribution >= 0.6 is 0 Å². The summed E-state index contributed by atoms with van der Waals surface area (Å²) in [7, 11) is 1.81. The van der Waals surface area contributed by atoms with Crippen molar-refractivity contribution in [2.45, 2.75) is 6.42 Å². The van der Waals surface area contributed by atoms with E-state index in [0.717, 1.165) is 11.3 Å². The summed E-state index contributed by atoms with van der Waals surface area (Å²) in [6, 6.07) is 7.55. The lowest BCUT2D eigenvalue weighted by atomic mass is 10.0. The molecule has 1 heterocycles. The van der Waals surface area contributed by atoms with Gasteiger partial charge in [0.25, 0.3) is 5.56 Å². The van der Waals surface area contributed by atoms with Crippen LogP contribution in [0.5, 0.6) is 0 Å². The van der Waals surface area contributed by atoms with E-state index < -0.39 is 0 Å². The molecule has 2 unspecified atom stereocenters. The number of rotatable bonds is 1. The smallest absolute Gasteiger partial charge is 0.261 e. The average molecular weight is 250 g/mol. The fraction of sp³-hybridized carbons (Fsp3) is 0.250. The molecule has 2 aliphatic carbocycles. The van der Waals surface area contributed by atoms with E-state index >= 15 is 0 Å². The van der Waals surface area contributed by atoms with Crippen LogP contribution in [0.1, 0.15) is 12.2 Å². The first-order valence-electron chi connectivity index (χ1n) is 6.60. The van der Waals surface area contributed by atoms with Crippen molar-refractivity contribution in [1.82, 2.24) is 9.55 Å². The Labute approximate surface area is 110 Å². The van der Waals surface area contributed by atoms with E-state index in [9.17, 15) is 4.79 Å². The van der Waals surface area contributed by atoms with Crippen molar-refractivity contribution in [2.75, 3.05) is 0 Å². The third kappa shape index (κ3) is 1.51. The molecule has 1 aromatic heterocycles. The quantitative estimate of drug-likeness (QED) is 0.779. The molecule has 2 aromatic rings. The summed E-state index contributed by atoms with van der Waals surface area (Å²) in [5.41, 5.74) is 2.03. The van der Waals surface area contributed by atoms with Crippen LogP contribution < -0.4 is 5.56 Å². The molecule has 4 rings (SSSR count). The van der Waals surface area contributed by atoms with Gasteiger partial charge < -0.3 is 0 Å². The lowest BCUT2D eigenvalue weighted by molar-refractivity contribution is 0.803. The van der Waals surface area contributed by atoms with Crippen LogP contribution in [0.25, 0.3) is 16.5 Å². The zero-order chi connectivity index (χ0) is 13.0. The zero-order valence-electron chi connectivity index (χ0n) is 10.7. The summed E-state index contributed by atoms with van der Waals surface area (Å²) >= 11 is 0. The molecule has 0 amide bonds. The second-order valence-electron chi connectivity index (χ2n) is 5.33.